The first-order valence-electron chi connectivity index (χ1n) is 6.22. The molecule has 5 nitrogen and oxygen atoms in total. The van der Waals surface area contributed by atoms with E-state index in [1.165, 1.54) is 0 Å². The summed E-state index contributed by atoms with van der Waals surface area (Å²) in [5.74, 6) is 1.40. The van der Waals surface area contributed by atoms with Gasteiger partial charge in [0.05, 0.1) is 0 Å². The van der Waals surface area contributed by atoms with Crippen LogP contribution in [0.15, 0.2) is 12.4 Å². The molecule has 94 valence electrons. The average Bonchev–Trinajstić information content (AvgIpc) is 2.76. The number of carbonyl (C=O) groups is 1. The van der Waals surface area contributed by atoms with Crippen molar-refractivity contribution in [1.82, 2.24) is 20.2 Å². The Morgan fingerprint density at radius 1 is 1.59 bits per heavy atom. The molecule has 0 radical (unpaired) electrons. The molecule has 1 saturated heterocycles. The topological polar surface area (TPSA) is 59.0 Å². The Kier molecular flexibility index (Phi) is 4.14. The summed E-state index contributed by atoms with van der Waals surface area (Å²) in [5, 5.41) is 6.26. The van der Waals surface area contributed by atoms with Gasteiger partial charge in [0.1, 0.15) is 5.82 Å². The molecule has 2 rings (SSSR count). The van der Waals surface area contributed by atoms with E-state index in [9.17, 15) is 4.79 Å². The molecule has 1 aromatic heterocycles. The summed E-state index contributed by atoms with van der Waals surface area (Å²) in [4.78, 5) is 16.1. The largest absolute Gasteiger partial charge is 0.355 e. The van der Waals surface area contributed by atoms with E-state index in [0.29, 0.717) is 6.54 Å². The first-order chi connectivity index (χ1) is 8.27. The Bertz CT molecular complexity index is 368. The molecule has 0 spiro atoms. The first-order valence-corrected chi connectivity index (χ1v) is 6.22. The number of aryl methyl sites for hydroxylation is 1. The maximum absolute atomic E-state index is 11.8. The highest BCUT2D eigenvalue weighted by molar-refractivity contribution is 5.78. The minimum Gasteiger partial charge on any atom is -0.355 e. The van der Waals surface area contributed by atoms with Crippen LogP contribution in [-0.2, 0) is 18.3 Å². The smallest absolute Gasteiger partial charge is 0.223 e. The molecular weight excluding hydrogens is 216 g/mol. The Hall–Kier alpha value is -1.36. The van der Waals surface area contributed by atoms with Crippen molar-refractivity contribution in [1.29, 1.82) is 0 Å². The molecule has 0 aromatic carbocycles. The van der Waals surface area contributed by atoms with Gasteiger partial charge < -0.3 is 15.2 Å². The van der Waals surface area contributed by atoms with Crippen LogP contribution in [-0.4, -0.2) is 35.1 Å². The molecule has 0 bridgehead atoms. The van der Waals surface area contributed by atoms with Gasteiger partial charge in [0, 0.05) is 38.3 Å². The average molecular weight is 236 g/mol. The van der Waals surface area contributed by atoms with Crippen LogP contribution < -0.4 is 10.6 Å². The number of nitrogens with zero attached hydrogens (tertiary/aromatic N) is 2. The molecule has 1 aliphatic rings. The number of imidazole rings is 1. The summed E-state index contributed by atoms with van der Waals surface area (Å²) >= 11 is 0. The molecule has 0 atom stereocenters. The lowest BCUT2D eigenvalue weighted by Gasteiger charge is -2.21. The van der Waals surface area contributed by atoms with E-state index < -0.39 is 0 Å². The Labute approximate surface area is 102 Å². The molecule has 2 heterocycles. The monoisotopic (exact) mass is 236 g/mol. The zero-order valence-corrected chi connectivity index (χ0v) is 10.3. The Balaban J connectivity index is 1.71. The lowest BCUT2D eigenvalue weighted by atomic mass is 9.97. The van der Waals surface area contributed by atoms with Gasteiger partial charge in [0.2, 0.25) is 5.91 Å². The van der Waals surface area contributed by atoms with E-state index in [-0.39, 0.29) is 11.8 Å². The predicted molar refractivity (Wildman–Crippen MR) is 65.5 cm³/mol. The van der Waals surface area contributed by atoms with Gasteiger partial charge in [-0.2, -0.15) is 0 Å². The van der Waals surface area contributed by atoms with E-state index in [0.717, 1.165) is 38.2 Å². The van der Waals surface area contributed by atoms with Crippen molar-refractivity contribution in [3.63, 3.8) is 0 Å². The lowest BCUT2D eigenvalue weighted by Crippen LogP contribution is -2.38. The van der Waals surface area contributed by atoms with Gasteiger partial charge in [-0.25, -0.2) is 4.98 Å². The van der Waals surface area contributed by atoms with E-state index in [4.69, 9.17) is 0 Å². The quantitative estimate of drug-likeness (QED) is 0.778. The maximum atomic E-state index is 11.8. The van der Waals surface area contributed by atoms with Crippen molar-refractivity contribution in [3.05, 3.63) is 18.2 Å². The van der Waals surface area contributed by atoms with Gasteiger partial charge in [-0.15, -0.1) is 0 Å². The van der Waals surface area contributed by atoms with Crippen LogP contribution in [0.25, 0.3) is 0 Å². The minimum absolute atomic E-state index is 0.192. The van der Waals surface area contributed by atoms with Crippen LogP contribution in [0.3, 0.4) is 0 Å². The zero-order valence-electron chi connectivity index (χ0n) is 10.3. The molecule has 2 N–H and O–H groups in total. The van der Waals surface area contributed by atoms with Crippen molar-refractivity contribution in [3.8, 4) is 0 Å². The third-order valence-corrected chi connectivity index (χ3v) is 3.28. The number of aromatic nitrogens is 2. The van der Waals surface area contributed by atoms with Crippen molar-refractivity contribution >= 4 is 5.91 Å². The van der Waals surface area contributed by atoms with E-state index in [1.54, 1.807) is 6.20 Å². The van der Waals surface area contributed by atoms with E-state index in [1.807, 2.05) is 17.8 Å². The highest BCUT2D eigenvalue weighted by Gasteiger charge is 2.20. The number of carbonyl (C=O) groups excluding carboxylic acids is 1. The summed E-state index contributed by atoms with van der Waals surface area (Å²) in [5.41, 5.74) is 0. The highest BCUT2D eigenvalue weighted by atomic mass is 16.1. The first kappa shape index (κ1) is 12.1. The second-order valence-electron chi connectivity index (χ2n) is 4.52. The minimum atomic E-state index is 0.192. The zero-order chi connectivity index (χ0) is 12.1. The maximum Gasteiger partial charge on any atom is 0.223 e. The number of nitrogens with one attached hydrogen (secondary N) is 2. The molecule has 17 heavy (non-hydrogen) atoms. The number of amides is 1. The Morgan fingerprint density at radius 2 is 2.35 bits per heavy atom. The predicted octanol–water partition coefficient (Wildman–Crippen LogP) is 0.0784. The van der Waals surface area contributed by atoms with Crippen LogP contribution in [0.4, 0.5) is 0 Å². The summed E-state index contributed by atoms with van der Waals surface area (Å²) in [6, 6.07) is 0. The third kappa shape index (κ3) is 3.30. The highest BCUT2D eigenvalue weighted by Crippen LogP contribution is 2.11. The van der Waals surface area contributed by atoms with Gasteiger partial charge >= 0.3 is 0 Å². The molecule has 1 fully saturated rings. The third-order valence-electron chi connectivity index (χ3n) is 3.28. The van der Waals surface area contributed by atoms with Gasteiger partial charge in [-0.05, 0) is 25.9 Å². The van der Waals surface area contributed by atoms with Gasteiger partial charge in [-0.3, -0.25) is 4.79 Å². The number of rotatable bonds is 4. The molecule has 5 heteroatoms. The van der Waals surface area contributed by atoms with Crippen molar-refractivity contribution in [2.24, 2.45) is 13.0 Å². The fourth-order valence-corrected chi connectivity index (χ4v) is 2.16. The standard InChI is InChI=1S/C12H20N4O/c1-16-9-8-14-11(16)4-7-15-12(17)10-2-5-13-6-3-10/h8-10,13H,2-7H2,1H3,(H,15,17). The summed E-state index contributed by atoms with van der Waals surface area (Å²) in [6.45, 7) is 2.59. The van der Waals surface area contributed by atoms with Gasteiger partial charge in [0.25, 0.3) is 0 Å². The van der Waals surface area contributed by atoms with Crippen LogP contribution in [0.1, 0.15) is 18.7 Å². The van der Waals surface area contributed by atoms with Crippen LogP contribution in [0.5, 0.6) is 0 Å². The molecule has 0 aliphatic carbocycles. The number of hydrogen-bond acceptors (Lipinski definition) is 3. The summed E-state index contributed by atoms with van der Waals surface area (Å²) in [7, 11) is 1.97. The van der Waals surface area contributed by atoms with Gasteiger partial charge in [-0.1, -0.05) is 0 Å². The molecule has 0 unspecified atom stereocenters. The Morgan fingerprint density at radius 3 is 3.00 bits per heavy atom. The fraction of sp³-hybridized carbons (Fsp3) is 0.667. The van der Waals surface area contributed by atoms with Crippen LogP contribution >= 0.6 is 0 Å². The van der Waals surface area contributed by atoms with Crippen LogP contribution in [0, 0.1) is 5.92 Å². The fourth-order valence-electron chi connectivity index (χ4n) is 2.16. The van der Waals surface area contributed by atoms with E-state index in [2.05, 4.69) is 15.6 Å². The van der Waals surface area contributed by atoms with Crippen molar-refractivity contribution in [2.75, 3.05) is 19.6 Å². The molecule has 1 aliphatic heterocycles. The summed E-state index contributed by atoms with van der Waals surface area (Å²) in [6.07, 6.45) is 6.40. The molecule has 1 aromatic rings. The molecular formula is C12H20N4O. The second-order valence-corrected chi connectivity index (χ2v) is 4.52. The summed E-state index contributed by atoms with van der Waals surface area (Å²) < 4.78 is 1.98. The van der Waals surface area contributed by atoms with Gasteiger partial charge in [0.15, 0.2) is 0 Å². The van der Waals surface area contributed by atoms with Crippen LogP contribution in [0.2, 0.25) is 0 Å². The second kappa shape index (κ2) is 5.82. The number of hydrogen-bond donors (Lipinski definition) is 2. The van der Waals surface area contributed by atoms with Crippen molar-refractivity contribution < 1.29 is 4.79 Å². The van der Waals surface area contributed by atoms with Crippen molar-refractivity contribution in [2.45, 2.75) is 19.3 Å². The molecule has 1 amide bonds. The van der Waals surface area contributed by atoms with E-state index >= 15 is 0 Å². The lowest BCUT2D eigenvalue weighted by molar-refractivity contribution is -0.125. The SMILES string of the molecule is Cn1ccnc1CCNC(=O)C1CCNCC1. The molecule has 0 saturated carbocycles. The number of piperidine rings is 1. The normalized spacial score (nSPS) is 17.0.